The van der Waals surface area contributed by atoms with Crippen LogP contribution < -0.4 is 5.63 Å². The number of para-hydroxylation sites is 1. The van der Waals surface area contributed by atoms with E-state index in [1.807, 2.05) is 53.2 Å². The van der Waals surface area contributed by atoms with Gasteiger partial charge in [-0.3, -0.25) is 0 Å². The van der Waals surface area contributed by atoms with E-state index < -0.39 is 0 Å². The molecule has 0 radical (unpaired) electrons. The molecule has 0 aliphatic rings. The fraction of sp³-hybridized carbons (Fsp3) is 0. The van der Waals surface area contributed by atoms with Gasteiger partial charge in [-0.15, -0.1) is 22.7 Å². The summed E-state index contributed by atoms with van der Waals surface area (Å²) in [5.74, 6) is 0. The minimum absolute atomic E-state index is 0.385. The van der Waals surface area contributed by atoms with Crippen molar-refractivity contribution in [3.05, 3.63) is 106 Å². The normalized spacial score (nSPS) is 11.2. The van der Waals surface area contributed by atoms with E-state index >= 15 is 0 Å². The summed E-state index contributed by atoms with van der Waals surface area (Å²) < 4.78 is 5.46. The molecular weight excluding hydrogens is 448 g/mol. The molecule has 6 rings (SSSR count). The number of fused-ring (bicyclic) bond motifs is 1. The molecule has 0 aliphatic heterocycles. The average molecular weight is 465 g/mol. The van der Waals surface area contributed by atoms with Crippen LogP contribution in [0.25, 0.3) is 54.6 Å². The van der Waals surface area contributed by atoms with Gasteiger partial charge in [0, 0.05) is 21.7 Å². The number of hydrogen-bond acceptors (Lipinski definition) is 6. The lowest BCUT2D eigenvalue weighted by atomic mass is 10.0. The molecule has 0 spiro atoms. The molecule has 0 bridgehead atoms. The van der Waals surface area contributed by atoms with Crippen LogP contribution in [0.3, 0.4) is 0 Å². The summed E-state index contributed by atoms with van der Waals surface area (Å²) in [6.07, 6.45) is 0. The van der Waals surface area contributed by atoms with Gasteiger partial charge in [-0.25, -0.2) is 14.8 Å². The monoisotopic (exact) mass is 464 g/mol. The predicted octanol–water partition coefficient (Wildman–Crippen LogP) is 7.37. The van der Waals surface area contributed by atoms with Crippen molar-refractivity contribution in [1.29, 1.82) is 0 Å². The van der Waals surface area contributed by atoms with Crippen LogP contribution in [0.1, 0.15) is 0 Å². The molecule has 3 aromatic carbocycles. The van der Waals surface area contributed by atoms with Gasteiger partial charge in [-0.2, -0.15) is 0 Å². The standard InChI is InChI=1S/C27H16N2O2S2/c30-27-21(14-20-8-4-5-9-24(20)31-27)23-16-33-26(29-23)25-28-22(15-32-25)19-12-10-18(11-13-19)17-6-2-1-3-7-17/h1-16H. The fourth-order valence-electron chi connectivity index (χ4n) is 3.70. The maximum atomic E-state index is 12.5. The summed E-state index contributed by atoms with van der Waals surface area (Å²) >= 11 is 3.02. The van der Waals surface area contributed by atoms with Gasteiger partial charge < -0.3 is 4.42 Å². The Morgan fingerprint density at radius 2 is 1.24 bits per heavy atom. The first-order valence-corrected chi connectivity index (χ1v) is 12.1. The Bertz CT molecular complexity index is 1630. The lowest BCUT2D eigenvalue weighted by Gasteiger charge is -2.02. The SMILES string of the molecule is O=c1oc2ccccc2cc1-c1csc(-c2nc(-c3ccc(-c4ccccc4)cc3)cs2)n1. The molecule has 0 aliphatic carbocycles. The van der Waals surface area contributed by atoms with E-state index in [-0.39, 0.29) is 5.63 Å². The van der Waals surface area contributed by atoms with Crippen LogP contribution in [0, 0.1) is 0 Å². The first kappa shape index (κ1) is 19.8. The maximum Gasteiger partial charge on any atom is 0.345 e. The second-order valence-corrected chi connectivity index (χ2v) is 9.22. The Morgan fingerprint density at radius 1 is 0.636 bits per heavy atom. The minimum atomic E-state index is -0.385. The Morgan fingerprint density at radius 3 is 2.03 bits per heavy atom. The molecule has 0 fully saturated rings. The minimum Gasteiger partial charge on any atom is -0.422 e. The van der Waals surface area contributed by atoms with Gasteiger partial charge >= 0.3 is 5.63 Å². The van der Waals surface area contributed by atoms with Gasteiger partial charge in [0.05, 0.1) is 17.0 Å². The maximum absolute atomic E-state index is 12.5. The van der Waals surface area contributed by atoms with Crippen molar-refractivity contribution in [3.8, 4) is 43.7 Å². The van der Waals surface area contributed by atoms with Crippen molar-refractivity contribution in [3.63, 3.8) is 0 Å². The molecule has 0 saturated carbocycles. The predicted molar refractivity (Wildman–Crippen MR) is 136 cm³/mol. The molecule has 0 unspecified atom stereocenters. The van der Waals surface area contributed by atoms with Gasteiger partial charge in [0.2, 0.25) is 0 Å². The summed E-state index contributed by atoms with van der Waals surface area (Å²) in [4.78, 5) is 22.0. The van der Waals surface area contributed by atoms with Crippen LogP contribution in [0.4, 0.5) is 0 Å². The van der Waals surface area contributed by atoms with E-state index in [0.29, 0.717) is 16.8 Å². The van der Waals surface area contributed by atoms with Crippen molar-refractivity contribution < 1.29 is 4.42 Å². The Balaban J connectivity index is 1.29. The van der Waals surface area contributed by atoms with E-state index in [0.717, 1.165) is 26.7 Å². The average Bonchev–Trinajstić information content (AvgIpc) is 3.54. The van der Waals surface area contributed by atoms with Gasteiger partial charge in [0.25, 0.3) is 0 Å². The Hall–Kier alpha value is -3.87. The van der Waals surface area contributed by atoms with Gasteiger partial charge in [0.15, 0.2) is 10.0 Å². The third-order valence-electron chi connectivity index (χ3n) is 5.40. The van der Waals surface area contributed by atoms with Crippen LogP contribution in [0.5, 0.6) is 0 Å². The third-order valence-corrected chi connectivity index (χ3v) is 7.22. The highest BCUT2D eigenvalue weighted by atomic mass is 32.1. The molecule has 0 saturated heterocycles. The second kappa shape index (κ2) is 8.24. The smallest absolute Gasteiger partial charge is 0.345 e. The van der Waals surface area contributed by atoms with Crippen LogP contribution in [0.2, 0.25) is 0 Å². The van der Waals surface area contributed by atoms with Crippen molar-refractivity contribution in [2.45, 2.75) is 0 Å². The lowest BCUT2D eigenvalue weighted by Crippen LogP contribution is -2.02. The zero-order chi connectivity index (χ0) is 22.2. The molecule has 0 amide bonds. The number of thiazole rings is 2. The number of rotatable bonds is 4. The van der Waals surface area contributed by atoms with Gasteiger partial charge in [-0.05, 0) is 23.3 Å². The summed E-state index contributed by atoms with van der Waals surface area (Å²) in [5, 5.41) is 6.41. The molecule has 0 atom stereocenters. The second-order valence-electron chi connectivity index (χ2n) is 7.50. The quantitative estimate of drug-likeness (QED) is 0.256. The van der Waals surface area contributed by atoms with Crippen LogP contribution in [0.15, 0.2) is 105 Å². The van der Waals surface area contributed by atoms with E-state index in [9.17, 15) is 4.79 Å². The topological polar surface area (TPSA) is 56.0 Å². The van der Waals surface area contributed by atoms with Crippen LogP contribution in [-0.4, -0.2) is 9.97 Å². The summed E-state index contributed by atoms with van der Waals surface area (Å²) in [6, 6.07) is 28.0. The molecule has 4 nitrogen and oxygen atoms in total. The van der Waals surface area contributed by atoms with Crippen molar-refractivity contribution in [1.82, 2.24) is 9.97 Å². The summed E-state index contributed by atoms with van der Waals surface area (Å²) in [7, 11) is 0. The third kappa shape index (κ3) is 3.80. The number of hydrogen-bond donors (Lipinski definition) is 0. The number of aromatic nitrogens is 2. The van der Waals surface area contributed by atoms with Crippen molar-refractivity contribution >= 4 is 33.6 Å². The van der Waals surface area contributed by atoms with Gasteiger partial charge in [-0.1, -0.05) is 72.8 Å². The summed E-state index contributed by atoms with van der Waals surface area (Å²) in [6.45, 7) is 0. The van der Waals surface area contributed by atoms with E-state index in [1.165, 1.54) is 22.5 Å². The van der Waals surface area contributed by atoms with E-state index in [1.54, 1.807) is 17.4 Å². The molecule has 158 valence electrons. The van der Waals surface area contributed by atoms with Crippen LogP contribution >= 0.6 is 22.7 Å². The van der Waals surface area contributed by atoms with E-state index in [4.69, 9.17) is 9.40 Å². The first-order chi connectivity index (χ1) is 16.2. The molecule has 33 heavy (non-hydrogen) atoms. The zero-order valence-corrected chi connectivity index (χ0v) is 18.9. The van der Waals surface area contributed by atoms with E-state index in [2.05, 4.69) is 41.4 Å². The molecule has 3 heterocycles. The first-order valence-electron chi connectivity index (χ1n) is 10.4. The Kier molecular flexibility index (Phi) is 4.94. The van der Waals surface area contributed by atoms with Crippen LogP contribution in [-0.2, 0) is 0 Å². The lowest BCUT2D eigenvalue weighted by molar-refractivity contribution is 0.563. The number of benzene rings is 3. The molecular formula is C27H16N2O2S2. The summed E-state index contributed by atoms with van der Waals surface area (Å²) in [5.41, 5.74) is 5.60. The molecule has 0 N–H and O–H groups in total. The fourth-order valence-corrected chi connectivity index (χ4v) is 5.40. The van der Waals surface area contributed by atoms with Crippen molar-refractivity contribution in [2.24, 2.45) is 0 Å². The largest absolute Gasteiger partial charge is 0.422 e. The van der Waals surface area contributed by atoms with Gasteiger partial charge in [0.1, 0.15) is 5.58 Å². The molecule has 3 aromatic heterocycles. The van der Waals surface area contributed by atoms with Crippen molar-refractivity contribution in [2.75, 3.05) is 0 Å². The zero-order valence-electron chi connectivity index (χ0n) is 17.3. The number of nitrogens with zero attached hydrogens (tertiary/aromatic N) is 2. The highest BCUT2D eigenvalue weighted by Gasteiger charge is 2.15. The Labute approximate surface area is 197 Å². The molecule has 6 aromatic rings. The molecule has 6 heteroatoms. The highest BCUT2D eigenvalue weighted by molar-refractivity contribution is 7.20. The highest BCUT2D eigenvalue weighted by Crippen LogP contribution is 2.34.